The van der Waals surface area contributed by atoms with Gasteiger partial charge in [0.1, 0.15) is 11.6 Å². The highest BCUT2D eigenvalue weighted by atomic mass is 79.9. The summed E-state index contributed by atoms with van der Waals surface area (Å²) in [6.07, 6.45) is 4.68. The maximum atomic E-state index is 13.6. The molecule has 3 fully saturated rings. The second kappa shape index (κ2) is 8.53. The molecule has 1 aromatic carbocycles. The molecule has 2 aliphatic heterocycles. The Bertz CT molecular complexity index is 1050. The highest BCUT2D eigenvalue weighted by molar-refractivity contribution is 9.10. The Kier molecular flexibility index (Phi) is 5.83. The summed E-state index contributed by atoms with van der Waals surface area (Å²) in [7, 11) is 0. The van der Waals surface area contributed by atoms with Crippen LogP contribution in [0.3, 0.4) is 0 Å². The van der Waals surface area contributed by atoms with Crippen molar-refractivity contribution < 1.29 is 13.6 Å². The van der Waals surface area contributed by atoms with E-state index in [-0.39, 0.29) is 31.8 Å². The van der Waals surface area contributed by atoms with Gasteiger partial charge < -0.3 is 15.1 Å². The van der Waals surface area contributed by atoms with Crippen molar-refractivity contribution in [3.63, 3.8) is 0 Å². The Morgan fingerprint density at radius 1 is 0.970 bits per heavy atom. The number of benzene rings is 1. The molecule has 1 N–H and O–H groups in total. The van der Waals surface area contributed by atoms with Gasteiger partial charge in [-0.15, -0.1) is 0 Å². The Hall–Kier alpha value is -2.22. The van der Waals surface area contributed by atoms with Gasteiger partial charge >= 0.3 is 0 Å². The van der Waals surface area contributed by atoms with Crippen LogP contribution < -0.4 is 15.1 Å². The van der Waals surface area contributed by atoms with E-state index in [4.69, 9.17) is 0 Å². The lowest BCUT2D eigenvalue weighted by atomic mass is 9.93. The number of aromatic nitrogens is 1. The quantitative estimate of drug-likeness (QED) is 0.537. The SMILES string of the molecule is Cc1ccc(NC(=O)c2ccc(Br)cc2N2CCC3(CC2)CC3)nc1N1CCC(F)(F)CC1. The van der Waals surface area contributed by atoms with Crippen LogP contribution in [0.4, 0.5) is 26.1 Å². The Balaban J connectivity index is 1.34. The van der Waals surface area contributed by atoms with Gasteiger partial charge in [-0.3, -0.25) is 4.79 Å². The maximum absolute atomic E-state index is 13.6. The Morgan fingerprint density at radius 3 is 2.30 bits per heavy atom. The minimum atomic E-state index is -2.61. The zero-order valence-corrected chi connectivity index (χ0v) is 20.4. The van der Waals surface area contributed by atoms with Crippen molar-refractivity contribution in [2.24, 2.45) is 5.41 Å². The first kappa shape index (κ1) is 22.6. The summed E-state index contributed by atoms with van der Waals surface area (Å²) in [4.78, 5) is 22.1. The van der Waals surface area contributed by atoms with Gasteiger partial charge in [0, 0.05) is 43.5 Å². The highest BCUT2D eigenvalue weighted by Crippen LogP contribution is 2.54. The molecule has 3 heterocycles. The molecule has 1 amide bonds. The van der Waals surface area contributed by atoms with Gasteiger partial charge in [0.2, 0.25) is 0 Å². The Labute approximate surface area is 201 Å². The molecule has 33 heavy (non-hydrogen) atoms. The van der Waals surface area contributed by atoms with E-state index in [1.54, 1.807) is 6.07 Å². The number of anilines is 3. The normalized spacial score (nSPS) is 21.2. The third-order valence-electron chi connectivity index (χ3n) is 7.43. The number of alkyl halides is 2. The first-order valence-corrected chi connectivity index (χ1v) is 12.5. The summed E-state index contributed by atoms with van der Waals surface area (Å²) in [6, 6.07) is 9.39. The second-order valence-corrected chi connectivity index (χ2v) is 10.7. The summed E-state index contributed by atoms with van der Waals surface area (Å²) < 4.78 is 28.1. The lowest BCUT2D eigenvalue weighted by Crippen LogP contribution is -2.40. The topological polar surface area (TPSA) is 48.5 Å². The van der Waals surface area contributed by atoms with E-state index in [0.29, 0.717) is 22.6 Å². The summed E-state index contributed by atoms with van der Waals surface area (Å²) in [5.74, 6) is -1.73. The van der Waals surface area contributed by atoms with Crippen molar-refractivity contribution in [1.29, 1.82) is 0 Å². The van der Waals surface area contributed by atoms with Crippen LogP contribution in [-0.2, 0) is 0 Å². The van der Waals surface area contributed by atoms with E-state index in [2.05, 4.69) is 31.1 Å². The fraction of sp³-hybridized carbons (Fsp3) is 0.520. The number of aryl methyl sites for hydroxylation is 1. The lowest BCUT2D eigenvalue weighted by molar-refractivity contribution is -0.0221. The van der Waals surface area contributed by atoms with Crippen LogP contribution in [0.1, 0.15) is 54.4 Å². The van der Waals surface area contributed by atoms with Crippen molar-refractivity contribution in [3.05, 3.63) is 45.9 Å². The van der Waals surface area contributed by atoms with E-state index < -0.39 is 5.92 Å². The first-order valence-electron chi connectivity index (χ1n) is 11.7. The molecule has 0 atom stereocenters. The lowest BCUT2D eigenvalue weighted by Gasteiger charge is -2.35. The van der Waals surface area contributed by atoms with Gasteiger partial charge in [0.25, 0.3) is 11.8 Å². The van der Waals surface area contributed by atoms with Crippen molar-refractivity contribution >= 4 is 39.2 Å². The molecule has 1 aliphatic carbocycles. The molecule has 0 radical (unpaired) electrons. The zero-order valence-electron chi connectivity index (χ0n) is 18.8. The number of hydrogen-bond acceptors (Lipinski definition) is 4. The van der Waals surface area contributed by atoms with E-state index >= 15 is 0 Å². The van der Waals surface area contributed by atoms with Gasteiger partial charge in [-0.2, -0.15) is 0 Å². The van der Waals surface area contributed by atoms with Crippen LogP contribution in [0.2, 0.25) is 0 Å². The predicted octanol–water partition coefficient (Wildman–Crippen LogP) is 6.02. The molecule has 2 saturated heterocycles. The average molecular weight is 519 g/mol. The van der Waals surface area contributed by atoms with Crippen molar-refractivity contribution in [1.82, 2.24) is 4.98 Å². The molecule has 1 aromatic heterocycles. The number of rotatable bonds is 4. The molecule has 3 aliphatic rings. The minimum Gasteiger partial charge on any atom is -0.371 e. The number of halogens is 3. The van der Waals surface area contributed by atoms with Gasteiger partial charge in [-0.05, 0) is 67.9 Å². The average Bonchev–Trinajstić information content (AvgIpc) is 3.54. The number of nitrogens with zero attached hydrogens (tertiary/aromatic N) is 3. The molecular formula is C25H29BrF2N4O. The van der Waals surface area contributed by atoms with Crippen LogP contribution in [0.25, 0.3) is 0 Å². The highest BCUT2D eigenvalue weighted by Gasteiger charge is 2.44. The molecule has 1 saturated carbocycles. The molecule has 5 nitrogen and oxygen atoms in total. The summed E-state index contributed by atoms with van der Waals surface area (Å²) in [5, 5.41) is 2.94. The third kappa shape index (κ3) is 4.86. The Morgan fingerprint density at radius 2 is 1.64 bits per heavy atom. The molecule has 176 valence electrons. The molecule has 8 heteroatoms. The van der Waals surface area contributed by atoms with Crippen LogP contribution in [-0.4, -0.2) is 43.0 Å². The van der Waals surface area contributed by atoms with Crippen LogP contribution in [0.15, 0.2) is 34.8 Å². The van der Waals surface area contributed by atoms with Crippen LogP contribution >= 0.6 is 15.9 Å². The number of carbonyl (C=O) groups excluding carboxylic acids is 1. The van der Waals surface area contributed by atoms with Gasteiger partial charge in [0.15, 0.2) is 0 Å². The van der Waals surface area contributed by atoms with Gasteiger partial charge in [-0.1, -0.05) is 22.0 Å². The summed E-state index contributed by atoms with van der Waals surface area (Å²) in [5.41, 5.74) is 3.02. The molecule has 0 unspecified atom stereocenters. The first-order chi connectivity index (χ1) is 15.7. The number of hydrogen-bond donors (Lipinski definition) is 1. The number of amides is 1. The molecular weight excluding hydrogens is 490 g/mol. The van der Waals surface area contributed by atoms with E-state index in [1.807, 2.05) is 36.1 Å². The summed E-state index contributed by atoms with van der Waals surface area (Å²) in [6.45, 7) is 4.35. The van der Waals surface area contributed by atoms with E-state index in [0.717, 1.165) is 28.8 Å². The van der Waals surface area contributed by atoms with Gasteiger partial charge in [0.05, 0.1) is 11.3 Å². The fourth-order valence-corrected chi connectivity index (χ4v) is 5.34. The largest absolute Gasteiger partial charge is 0.371 e. The third-order valence-corrected chi connectivity index (χ3v) is 7.93. The molecule has 2 aromatic rings. The molecule has 0 bridgehead atoms. The van der Waals surface area contributed by atoms with Crippen LogP contribution in [0, 0.1) is 12.3 Å². The number of pyridine rings is 1. The molecule has 1 spiro atoms. The van der Waals surface area contributed by atoms with Crippen LogP contribution in [0.5, 0.6) is 0 Å². The number of carbonyl (C=O) groups is 1. The second-order valence-electron chi connectivity index (χ2n) is 9.78. The zero-order chi connectivity index (χ0) is 23.2. The number of nitrogens with one attached hydrogen (secondary N) is 1. The maximum Gasteiger partial charge on any atom is 0.258 e. The summed E-state index contributed by atoms with van der Waals surface area (Å²) >= 11 is 3.55. The number of piperidine rings is 2. The van der Waals surface area contributed by atoms with Crippen molar-refractivity contribution in [3.8, 4) is 0 Å². The minimum absolute atomic E-state index is 0.177. The predicted molar refractivity (Wildman–Crippen MR) is 131 cm³/mol. The van der Waals surface area contributed by atoms with Crippen molar-refractivity contribution in [2.75, 3.05) is 41.3 Å². The van der Waals surface area contributed by atoms with Gasteiger partial charge in [-0.25, -0.2) is 13.8 Å². The smallest absolute Gasteiger partial charge is 0.258 e. The molecule has 5 rings (SSSR count). The standard InChI is InChI=1S/C25H29BrF2N4O/c1-17-2-5-21(29-22(17)32-14-10-25(27,28)11-15-32)30-23(33)19-4-3-18(26)16-20(19)31-12-8-24(6-7-24)9-13-31/h2-5,16H,6-15H2,1H3,(H,29,30,33). The monoisotopic (exact) mass is 518 g/mol. The fourth-order valence-electron chi connectivity index (χ4n) is 4.99. The van der Waals surface area contributed by atoms with Crippen molar-refractivity contribution in [2.45, 2.75) is 51.4 Å². The van der Waals surface area contributed by atoms with E-state index in [1.165, 1.54) is 25.7 Å². The van der Waals surface area contributed by atoms with E-state index in [9.17, 15) is 13.6 Å².